The number of pyridine rings is 1. The van der Waals surface area contributed by atoms with E-state index in [1.807, 2.05) is 12.1 Å². The fraction of sp³-hybridized carbons (Fsp3) is 0.296. The number of ether oxygens (including phenoxy) is 1. The molecule has 4 heterocycles. The predicted octanol–water partition coefficient (Wildman–Crippen LogP) is 5.38. The van der Waals surface area contributed by atoms with Crippen molar-refractivity contribution in [3.8, 4) is 11.3 Å². The predicted molar refractivity (Wildman–Crippen MR) is 143 cm³/mol. The molecule has 0 saturated carbocycles. The number of hydrogen-bond donors (Lipinski definition) is 1. The average Bonchev–Trinajstić information content (AvgIpc) is 3.60. The zero-order chi connectivity index (χ0) is 28.2. The summed E-state index contributed by atoms with van der Waals surface area (Å²) in [6.07, 6.45) is 6.32. The van der Waals surface area contributed by atoms with Gasteiger partial charge in [0.05, 0.1) is 54.2 Å². The maximum Gasteiger partial charge on any atom is 0.275 e. The van der Waals surface area contributed by atoms with E-state index in [2.05, 4.69) is 30.3 Å². The van der Waals surface area contributed by atoms with Crippen molar-refractivity contribution in [2.75, 3.05) is 30.5 Å². The minimum Gasteiger partial charge on any atom is -0.383 e. The molecule has 13 heteroatoms. The maximum absolute atomic E-state index is 14.7. The number of benzene rings is 1. The minimum absolute atomic E-state index is 0.196. The lowest BCUT2D eigenvalue weighted by molar-refractivity contribution is 0.102. The second-order valence-corrected chi connectivity index (χ2v) is 9.67. The Labute approximate surface area is 233 Å². The summed E-state index contributed by atoms with van der Waals surface area (Å²) in [6.45, 7) is 2.02. The van der Waals surface area contributed by atoms with Crippen LogP contribution in [0.2, 0.25) is 5.02 Å². The Morgan fingerprint density at radius 3 is 2.80 bits per heavy atom. The number of nitrogens with one attached hydrogen (secondary N) is 1. The van der Waals surface area contributed by atoms with Gasteiger partial charge in [0.25, 0.3) is 12.3 Å². The van der Waals surface area contributed by atoms with Crippen LogP contribution in [0, 0.1) is 5.82 Å². The molecule has 5 rings (SSSR count). The van der Waals surface area contributed by atoms with Crippen molar-refractivity contribution in [3.63, 3.8) is 0 Å². The van der Waals surface area contributed by atoms with E-state index in [0.29, 0.717) is 24.9 Å². The molecule has 1 unspecified atom stereocenters. The average molecular weight is 572 g/mol. The van der Waals surface area contributed by atoms with Gasteiger partial charge in [-0.1, -0.05) is 23.7 Å². The number of methoxy groups -OCH3 is 1. The summed E-state index contributed by atoms with van der Waals surface area (Å²) < 4.78 is 48.6. The van der Waals surface area contributed by atoms with Crippen LogP contribution in [-0.4, -0.2) is 56.9 Å². The van der Waals surface area contributed by atoms with Gasteiger partial charge in [0.2, 0.25) is 0 Å². The molecule has 1 aliphatic heterocycles. The molecule has 0 aliphatic carbocycles. The number of alkyl halides is 2. The second kappa shape index (κ2) is 12.0. The van der Waals surface area contributed by atoms with E-state index in [-0.39, 0.29) is 16.4 Å². The summed E-state index contributed by atoms with van der Waals surface area (Å²) in [6, 6.07) is 6.33. The Morgan fingerprint density at radius 2 is 2.05 bits per heavy atom. The summed E-state index contributed by atoms with van der Waals surface area (Å²) in [4.78, 5) is 27.6. The van der Waals surface area contributed by atoms with Gasteiger partial charge in [0, 0.05) is 37.2 Å². The maximum atomic E-state index is 14.7. The highest BCUT2D eigenvalue weighted by atomic mass is 35.5. The molecule has 1 aliphatic rings. The zero-order valence-electron chi connectivity index (χ0n) is 21.4. The highest BCUT2D eigenvalue weighted by Crippen LogP contribution is 2.35. The van der Waals surface area contributed by atoms with Crippen LogP contribution in [0.15, 0.2) is 55.2 Å². The standard InChI is InChI=1S/C27H25ClF3N7O2/c1-40-15-18-3-2-8-38(18)23-7-4-16(9-33-23)13-37-14-17(10-34-37)35-27(39)22-12-32-11-21(36-22)24-19(26(30)31)5-6-20(28)25(24)29/h4-7,9-12,14,18,26H,2-3,8,13,15H2,1H3,(H,35,39). The van der Waals surface area contributed by atoms with E-state index in [4.69, 9.17) is 16.3 Å². The van der Waals surface area contributed by atoms with Crippen LogP contribution < -0.4 is 10.2 Å². The van der Waals surface area contributed by atoms with E-state index in [1.54, 1.807) is 24.2 Å². The van der Waals surface area contributed by atoms with Gasteiger partial charge in [-0.2, -0.15) is 5.10 Å². The van der Waals surface area contributed by atoms with Crippen molar-refractivity contribution >= 4 is 29.0 Å². The molecule has 208 valence electrons. The van der Waals surface area contributed by atoms with Gasteiger partial charge < -0.3 is 15.0 Å². The lowest BCUT2D eigenvalue weighted by atomic mass is 10.0. The first-order valence-corrected chi connectivity index (χ1v) is 12.8. The first kappa shape index (κ1) is 27.5. The molecular weight excluding hydrogens is 547 g/mol. The van der Waals surface area contributed by atoms with Crippen molar-refractivity contribution in [2.45, 2.75) is 31.9 Å². The third-order valence-corrected chi connectivity index (χ3v) is 6.85. The zero-order valence-corrected chi connectivity index (χ0v) is 22.2. The number of carbonyl (C=O) groups is 1. The highest BCUT2D eigenvalue weighted by molar-refractivity contribution is 6.31. The van der Waals surface area contributed by atoms with Gasteiger partial charge in [-0.05, 0) is 30.5 Å². The summed E-state index contributed by atoms with van der Waals surface area (Å²) in [5, 5.41) is 6.57. The Bertz CT molecular complexity index is 1500. The van der Waals surface area contributed by atoms with E-state index in [0.717, 1.165) is 55.3 Å². The van der Waals surface area contributed by atoms with E-state index < -0.39 is 29.3 Å². The molecular formula is C27H25ClF3N7O2. The number of aromatic nitrogens is 5. The quantitative estimate of drug-likeness (QED) is 0.288. The van der Waals surface area contributed by atoms with Crippen molar-refractivity contribution in [1.29, 1.82) is 0 Å². The fourth-order valence-corrected chi connectivity index (χ4v) is 4.84. The van der Waals surface area contributed by atoms with Crippen LogP contribution in [0.1, 0.15) is 40.9 Å². The van der Waals surface area contributed by atoms with Crippen LogP contribution in [0.3, 0.4) is 0 Å². The number of hydrogen-bond acceptors (Lipinski definition) is 7. The third-order valence-electron chi connectivity index (χ3n) is 6.56. The topological polar surface area (TPSA) is 98.1 Å². The molecule has 1 aromatic carbocycles. The van der Waals surface area contributed by atoms with Crippen molar-refractivity contribution < 1.29 is 22.7 Å². The number of anilines is 2. The first-order valence-electron chi connectivity index (χ1n) is 12.5. The minimum atomic E-state index is -2.98. The molecule has 40 heavy (non-hydrogen) atoms. The lowest BCUT2D eigenvalue weighted by Gasteiger charge is -2.25. The summed E-state index contributed by atoms with van der Waals surface area (Å²) >= 11 is 5.80. The molecule has 3 aromatic heterocycles. The first-order chi connectivity index (χ1) is 19.3. The Morgan fingerprint density at radius 1 is 1.20 bits per heavy atom. The molecule has 9 nitrogen and oxygen atoms in total. The van der Waals surface area contributed by atoms with Crippen molar-refractivity contribution in [3.05, 3.63) is 82.9 Å². The Kier molecular flexibility index (Phi) is 8.27. The summed E-state index contributed by atoms with van der Waals surface area (Å²) in [5.74, 6) is -0.832. The molecule has 0 bridgehead atoms. The monoisotopic (exact) mass is 571 g/mol. The van der Waals surface area contributed by atoms with Gasteiger partial charge in [-0.25, -0.2) is 23.1 Å². The van der Waals surface area contributed by atoms with Crippen LogP contribution in [0.5, 0.6) is 0 Å². The van der Waals surface area contributed by atoms with Crippen molar-refractivity contribution in [2.24, 2.45) is 0 Å². The summed E-state index contributed by atoms with van der Waals surface area (Å²) in [5.41, 5.74) is -0.244. The van der Waals surface area contributed by atoms with Gasteiger partial charge in [-0.15, -0.1) is 0 Å². The van der Waals surface area contributed by atoms with Crippen LogP contribution in [0.25, 0.3) is 11.3 Å². The van der Waals surface area contributed by atoms with Crippen LogP contribution in [-0.2, 0) is 11.3 Å². The molecule has 1 N–H and O–H groups in total. The molecule has 0 radical (unpaired) electrons. The smallest absolute Gasteiger partial charge is 0.275 e. The van der Waals surface area contributed by atoms with Crippen LogP contribution >= 0.6 is 11.6 Å². The number of rotatable bonds is 9. The van der Waals surface area contributed by atoms with Crippen molar-refractivity contribution in [1.82, 2.24) is 24.7 Å². The lowest BCUT2D eigenvalue weighted by Crippen LogP contribution is -2.33. The molecule has 1 atom stereocenters. The SMILES string of the molecule is COCC1CCCN1c1ccc(Cn2cc(NC(=O)c3cncc(-c4c(C(F)F)ccc(Cl)c4F)n3)cn2)cn1. The van der Waals surface area contributed by atoms with E-state index >= 15 is 0 Å². The largest absolute Gasteiger partial charge is 0.383 e. The number of amides is 1. The Balaban J connectivity index is 1.26. The fourth-order valence-electron chi connectivity index (χ4n) is 4.68. The van der Waals surface area contributed by atoms with E-state index in [9.17, 15) is 18.0 Å². The van der Waals surface area contributed by atoms with Gasteiger partial charge in [0.1, 0.15) is 11.5 Å². The third kappa shape index (κ3) is 5.92. The molecule has 4 aromatic rings. The highest BCUT2D eigenvalue weighted by Gasteiger charge is 2.25. The molecule has 1 saturated heterocycles. The Hall–Kier alpha value is -4.03. The van der Waals surface area contributed by atoms with Gasteiger partial charge >= 0.3 is 0 Å². The normalized spacial score (nSPS) is 15.2. The van der Waals surface area contributed by atoms with Gasteiger partial charge in [0.15, 0.2) is 5.82 Å². The number of nitrogens with zero attached hydrogens (tertiary/aromatic N) is 6. The second-order valence-electron chi connectivity index (χ2n) is 9.27. The number of halogens is 4. The van der Waals surface area contributed by atoms with Gasteiger partial charge in [-0.3, -0.25) is 14.5 Å². The molecule has 0 spiro atoms. The number of carbonyl (C=O) groups excluding carboxylic acids is 1. The van der Waals surface area contributed by atoms with Crippen LogP contribution in [0.4, 0.5) is 24.7 Å². The van der Waals surface area contributed by atoms with E-state index in [1.165, 1.54) is 6.20 Å². The molecule has 1 fully saturated rings. The molecule has 1 amide bonds. The summed E-state index contributed by atoms with van der Waals surface area (Å²) in [7, 11) is 1.70.